The molecule has 0 saturated heterocycles. The number of carbonyl (C=O) groups excluding carboxylic acids is 1. The van der Waals surface area contributed by atoms with Crippen LogP contribution in [0.25, 0.3) is 10.2 Å². The van der Waals surface area contributed by atoms with Crippen LogP contribution in [0.15, 0.2) is 56.7 Å². The first-order valence-electron chi connectivity index (χ1n) is 7.08. The summed E-state index contributed by atoms with van der Waals surface area (Å²) in [6, 6.07) is 8.42. The quantitative estimate of drug-likeness (QED) is 0.559. The maximum atomic E-state index is 12.4. The molecule has 0 N–H and O–H groups in total. The van der Waals surface area contributed by atoms with E-state index in [1.807, 2.05) is 4.57 Å². The molecule has 0 bridgehead atoms. The Morgan fingerprint density at radius 2 is 2.08 bits per heavy atom. The number of amides is 1. The molecule has 0 aliphatic carbocycles. The summed E-state index contributed by atoms with van der Waals surface area (Å²) in [5, 5.41) is 0. The fourth-order valence-electron chi connectivity index (χ4n) is 2.25. The molecule has 0 aliphatic heterocycles. The monoisotopic (exact) mass is 456 g/mol. The third-order valence-electron chi connectivity index (χ3n) is 3.38. The van der Waals surface area contributed by atoms with Gasteiger partial charge >= 0.3 is 0 Å². The summed E-state index contributed by atoms with van der Waals surface area (Å²) in [6.45, 7) is 4.21. The van der Waals surface area contributed by atoms with Crippen LogP contribution in [-0.2, 0) is 16.4 Å². The van der Waals surface area contributed by atoms with Gasteiger partial charge in [-0.1, -0.05) is 17.4 Å². The number of sulfone groups is 1. The molecule has 0 spiro atoms. The van der Waals surface area contributed by atoms with E-state index in [4.69, 9.17) is 0 Å². The number of carbonyl (C=O) groups is 1. The van der Waals surface area contributed by atoms with Gasteiger partial charge in [-0.15, -0.1) is 17.9 Å². The highest BCUT2D eigenvalue weighted by Crippen LogP contribution is 2.24. The van der Waals surface area contributed by atoms with Gasteiger partial charge in [-0.3, -0.25) is 4.79 Å². The van der Waals surface area contributed by atoms with Crippen molar-refractivity contribution in [3.05, 3.63) is 56.5 Å². The van der Waals surface area contributed by atoms with Crippen LogP contribution in [0, 0.1) is 0 Å². The van der Waals surface area contributed by atoms with Crippen molar-refractivity contribution in [2.45, 2.75) is 11.4 Å². The van der Waals surface area contributed by atoms with Crippen molar-refractivity contribution in [1.29, 1.82) is 0 Å². The minimum absolute atomic E-state index is 0.243. The lowest BCUT2D eigenvalue weighted by Crippen LogP contribution is -2.15. The highest BCUT2D eigenvalue weighted by atomic mass is 79.9. The zero-order valence-corrected chi connectivity index (χ0v) is 17.1. The zero-order chi connectivity index (χ0) is 18.2. The minimum atomic E-state index is -3.30. The average Bonchev–Trinajstić information content (AvgIpc) is 3.11. The third kappa shape index (κ3) is 3.84. The number of allylic oxidation sites excluding steroid dienone is 1. The third-order valence-corrected chi connectivity index (χ3v) is 7.14. The molecule has 3 aromatic rings. The minimum Gasteiger partial charge on any atom is -0.312 e. The molecule has 1 amide bonds. The predicted molar refractivity (Wildman–Crippen MR) is 105 cm³/mol. The summed E-state index contributed by atoms with van der Waals surface area (Å²) in [6.07, 6.45) is 2.88. The second-order valence-electron chi connectivity index (χ2n) is 5.21. The Hall–Kier alpha value is -1.55. The largest absolute Gasteiger partial charge is 0.312 e. The maximum absolute atomic E-state index is 12.4. The van der Waals surface area contributed by atoms with Gasteiger partial charge in [-0.25, -0.2) is 8.42 Å². The van der Waals surface area contributed by atoms with Gasteiger partial charge in [0.05, 0.1) is 23.8 Å². The van der Waals surface area contributed by atoms with Crippen LogP contribution in [0.3, 0.4) is 0 Å². The van der Waals surface area contributed by atoms with E-state index >= 15 is 0 Å². The normalized spacial score (nSPS) is 12.6. The highest BCUT2D eigenvalue weighted by molar-refractivity contribution is 9.11. The number of benzene rings is 1. The molecule has 25 heavy (non-hydrogen) atoms. The fourth-order valence-corrected chi connectivity index (χ4v) is 5.32. The van der Waals surface area contributed by atoms with Gasteiger partial charge < -0.3 is 4.57 Å². The Kier molecular flexibility index (Phi) is 5.10. The zero-order valence-electron chi connectivity index (χ0n) is 13.1. The molecule has 1 aromatic carbocycles. The smallest absolute Gasteiger partial charge is 0.289 e. The number of hydrogen-bond donors (Lipinski definition) is 0. The van der Waals surface area contributed by atoms with E-state index in [0.717, 1.165) is 14.0 Å². The van der Waals surface area contributed by atoms with Crippen LogP contribution in [0.5, 0.6) is 0 Å². The Bertz CT molecular complexity index is 1150. The second kappa shape index (κ2) is 6.99. The van der Waals surface area contributed by atoms with Gasteiger partial charge in [0, 0.05) is 12.8 Å². The van der Waals surface area contributed by atoms with Crippen LogP contribution in [0.4, 0.5) is 0 Å². The first-order chi connectivity index (χ1) is 11.8. The molecule has 0 unspecified atom stereocenters. The highest BCUT2D eigenvalue weighted by Gasteiger charge is 2.13. The summed E-state index contributed by atoms with van der Waals surface area (Å²) >= 11 is 5.93. The van der Waals surface area contributed by atoms with Crippen molar-refractivity contribution >= 4 is 64.6 Å². The Morgan fingerprint density at radius 1 is 1.32 bits per heavy atom. The van der Waals surface area contributed by atoms with E-state index in [1.165, 1.54) is 28.9 Å². The van der Waals surface area contributed by atoms with Gasteiger partial charge in [-0.05, 0) is 46.3 Å². The Labute approximate surface area is 161 Å². The molecule has 2 aromatic heterocycles. The molecule has 0 saturated carbocycles. The van der Waals surface area contributed by atoms with E-state index in [-0.39, 0.29) is 10.8 Å². The van der Waals surface area contributed by atoms with Gasteiger partial charge in [-0.2, -0.15) is 4.99 Å². The van der Waals surface area contributed by atoms with Crippen LogP contribution < -0.4 is 4.80 Å². The maximum Gasteiger partial charge on any atom is 0.289 e. The van der Waals surface area contributed by atoms with Crippen LogP contribution in [-0.4, -0.2) is 25.1 Å². The summed E-state index contributed by atoms with van der Waals surface area (Å²) < 4.78 is 27.0. The molecule has 130 valence electrons. The number of fused-ring (bicyclic) bond motifs is 1. The summed E-state index contributed by atoms with van der Waals surface area (Å²) in [7, 11) is -3.30. The average molecular weight is 457 g/mol. The van der Waals surface area contributed by atoms with Gasteiger partial charge in [0.25, 0.3) is 5.91 Å². The molecular formula is C16H13BrN2O3S3. The number of halogens is 1. The Morgan fingerprint density at radius 3 is 2.68 bits per heavy atom. The van der Waals surface area contributed by atoms with Crippen molar-refractivity contribution in [3.63, 3.8) is 0 Å². The van der Waals surface area contributed by atoms with E-state index in [1.54, 1.807) is 36.4 Å². The van der Waals surface area contributed by atoms with E-state index < -0.39 is 9.84 Å². The van der Waals surface area contributed by atoms with Crippen molar-refractivity contribution in [2.75, 3.05) is 6.26 Å². The molecule has 3 rings (SSSR count). The first-order valence-corrected chi connectivity index (χ1v) is 11.4. The summed E-state index contributed by atoms with van der Waals surface area (Å²) in [5.74, 6) is -0.330. The fraction of sp³-hybridized carbons (Fsp3) is 0.125. The molecular weight excluding hydrogens is 444 g/mol. The number of nitrogens with zero attached hydrogens (tertiary/aromatic N) is 2. The molecule has 0 atom stereocenters. The van der Waals surface area contributed by atoms with Crippen molar-refractivity contribution < 1.29 is 13.2 Å². The number of thiazole rings is 1. The first kappa shape index (κ1) is 18.2. The van der Waals surface area contributed by atoms with Crippen molar-refractivity contribution in [3.8, 4) is 0 Å². The SMILES string of the molecule is C=CCn1c(=NC(=O)c2ccc(Br)s2)sc2cc(S(C)(=O)=O)ccc21. The van der Waals surface area contributed by atoms with Crippen molar-refractivity contribution in [2.24, 2.45) is 4.99 Å². The molecule has 9 heteroatoms. The lowest BCUT2D eigenvalue weighted by molar-refractivity contribution is 0.100. The van der Waals surface area contributed by atoms with Gasteiger partial charge in [0.15, 0.2) is 14.6 Å². The molecule has 5 nitrogen and oxygen atoms in total. The van der Waals surface area contributed by atoms with E-state index in [9.17, 15) is 13.2 Å². The van der Waals surface area contributed by atoms with Crippen LogP contribution in [0.1, 0.15) is 9.67 Å². The molecule has 2 heterocycles. The number of rotatable bonds is 4. The predicted octanol–water partition coefficient (Wildman–Crippen LogP) is 3.86. The standard InChI is InChI=1S/C16H13BrN2O3S3/c1-3-8-19-11-5-4-10(25(2,21)22)9-13(11)24-16(19)18-15(20)12-6-7-14(17)23-12/h3-7,9H,1,8H2,2H3. The van der Waals surface area contributed by atoms with Crippen molar-refractivity contribution in [1.82, 2.24) is 4.57 Å². The van der Waals surface area contributed by atoms with Crippen LogP contribution in [0.2, 0.25) is 0 Å². The summed E-state index contributed by atoms with van der Waals surface area (Å²) in [5.41, 5.74) is 0.816. The number of aromatic nitrogens is 1. The summed E-state index contributed by atoms with van der Waals surface area (Å²) in [4.78, 5) is 17.9. The topological polar surface area (TPSA) is 68.5 Å². The van der Waals surface area contributed by atoms with Gasteiger partial charge in [0.1, 0.15) is 0 Å². The van der Waals surface area contributed by atoms with E-state index in [2.05, 4.69) is 27.5 Å². The molecule has 0 fully saturated rings. The number of hydrogen-bond acceptors (Lipinski definition) is 5. The Balaban J connectivity index is 2.19. The molecule has 0 radical (unpaired) electrons. The number of thiophene rings is 1. The van der Waals surface area contributed by atoms with Crippen LogP contribution >= 0.6 is 38.6 Å². The lowest BCUT2D eigenvalue weighted by Gasteiger charge is -2.02. The van der Waals surface area contributed by atoms with Gasteiger partial charge in [0.2, 0.25) is 0 Å². The lowest BCUT2D eigenvalue weighted by atomic mass is 10.3. The molecule has 0 aliphatic rings. The second-order valence-corrected chi connectivity index (χ2v) is 10.7. The van der Waals surface area contributed by atoms with E-state index in [0.29, 0.717) is 16.2 Å².